The molecule has 1 aliphatic rings. The summed E-state index contributed by atoms with van der Waals surface area (Å²) in [5, 5.41) is 0.673. The number of aromatic nitrogens is 1. The lowest BCUT2D eigenvalue weighted by Gasteiger charge is -2.33. The lowest BCUT2D eigenvalue weighted by atomic mass is 10.2. The second-order valence-corrected chi connectivity index (χ2v) is 8.99. The van der Waals surface area contributed by atoms with Gasteiger partial charge in [-0.3, -0.25) is 4.90 Å². The van der Waals surface area contributed by atoms with Crippen LogP contribution in [0, 0.1) is 0 Å². The molecule has 0 saturated carbocycles. The van der Waals surface area contributed by atoms with Gasteiger partial charge in [0.05, 0.1) is 17.6 Å². The quantitative estimate of drug-likeness (QED) is 0.635. The Hall–Kier alpha value is -2.19. The zero-order valence-corrected chi connectivity index (χ0v) is 16.7. The van der Waals surface area contributed by atoms with E-state index in [4.69, 9.17) is 16.0 Å². The summed E-state index contributed by atoms with van der Waals surface area (Å²) in [7, 11) is -3.44. The van der Waals surface area contributed by atoms with E-state index in [1.54, 1.807) is 30.5 Å². The van der Waals surface area contributed by atoms with Crippen LogP contribution in [0.5, 0.6) is 0 Å². The highest BCUT2D eigenvalue weighted by molar-refractivity contribution is 7.89. The molecule has 6 nitrogen and oxygen atoms in total. The van der Waals surface area contributed by atoms with Crippen LogP contribution in [-0.4, -0.2) is 48.8 Å². The number of hydrogen-bond donors (Lipinski definition) is 0. The van der Waals surface area contributed by atoms with Gasteiger partial charge in [-0.25, -0.2) is 13.4 Å². The van der Waals surface area contributed by atoms with Crippen molar-refractivity contribution in [2.45, 2.75) is 11.4 Å². The van der Waals surface area contributed by atoms with Crippen molar-refractivity contribution in [1.82, 2.24) is 14.2 Å². The highest BCUT2D eigenvalue weighted by atomic mass is 35.5. The van der Waals surface area contributed by atoms with E-state index in [1.165, 1.54) is 4.31 Å². The zero-order chi connectivity index (χ0) is 19.6. The van der Waals surface area contributed by atoms with Gasteiger partial charge in [0, 0.05) is 36.8 Å². The average Bonchev–Trinajstić information content (AvgIpc) is 3.18. The second kappa shape index (κ2) is 8.05. The standard InChI is InChI=1S/C20H20ClN3O3S/c21-17-8-6-16(7-9-17)19-14-22-20(27-19)15-23-10-12-24(13-11-23)28(25,26)18-4-2-1-3-5-18/h1-9,14H,10-13,15H2. The van der Waals surface area contributed by atoms with Gasteiger partial charge in [0.1, 0.15) is 0 Å². The molecule has 3 aromatic rings. The number of halogens is 1. The fraction of sp³-hybridized carbons (Fsp3) is 0.250. The normalized spacial score (nSPS) is 16.3. The average molecular weight is 418 g/mol. The summed E-state index contributed by atoms with van der Waals surface area (Å²) in [4.78, 5) is 6.84. The minimum Gasteiger partial charge on any atom is -0.439 e. The number of piperazine rings is 1. The maximum atomic E-state index is 12.7. The van der Waals surface area contributed by atoms with Crippen LogP contribution in [0.3, 0.4) is 0 Å². The van der Waals surface area contributed by atoms with E-state index in [-0.39, 0.29) is 0 Å². The summed E-state index contributed by atoms with van der Waals surface area (Å²) in [6.45, 7) is 2.70. The Balaban J connectivity index is 1.37. The molecule has 1 fully saturated rings. The number of nitrogens with zero attached hydrogens (tertiary/aromatic N) is 3. The first kappa shape index (κ1) is 19.1. The van der Waals surface area contributed by atoms with Gasteiger partial charge in [0.25, 0.3) is 0 Å². The SMILES string of the molecule is O=S(=O)(c1ccccc1)N1CCN(Cc2ncc(-c3ccc(Cl)cc3)o2)CC1. The summed E-state index contributed by atoms with van der Waals surface area (Å²) >= 11 is 5.92. The summed E-state index contributed by atoms with van der Waals surface area (Å²) in [5.41, 5.74) is 0.918. The molecule has 0 radical (unpaired) electrons. The van der Waals surface area contributed by atoms with Crippen molar-refractivity contribution in [3.63, 3.8) is 0 Å². The first-order valence-corrected chi connectivity index (χ1v) is 10.8. The van der Waals surface area contributed by atoms with E-state index in [0.29, 0.717) is 54.3 Å². The molecule has 28 heavy (non-hydrogen) atoms. The van der Waals surface area contributed by atoms with Crippen LogP contribution in [0.4, 0.5) is 0 Å². The molecular formula is C20H20ClN3O3S. The number of benzene rings is 2. The molecule has 1 aromatic heterocycles. The Bertz CT molecular complexity index is 1030. The molecular weight excluding hydrogens is 398 g/mol. The van der Waals surface area contributed by atoms with Crippen molar-refractivity contribution >= 4 is 21.6 Å². The van der Waals surface area contributed by atoms with Crippen molar-refractivity contribution in [3.05, 3.63) is 71.7 Å². The first-order valence-electron chi connectivity index (χ1n) is 9.00. The van der Waals surface area contributed by atoms with Crippen molar-refractivity contribution in [2.24, 2.45) is 0 Å². The molecule has 0 N–H and O–H groups in total. The highest BCUT2D eigenvalue weighted by Gasteiger charge is 2.28. The molecule has 0 atom stereocenters. The highest BCUT2D eigenvalue weighted by Crippen LogP contribution is 2.23. The topological polar surface area (TPSA) is 66.7 Å². The minimum atomic E-state index is -3.44. The second-order valence-electron chi connectivity index (χ2n) is 6.62. The largest absolute Gasteiger partial charge is 0.439 e. The molecule has 2 heterocycles. The summed E-state index contributed by atoms with van der Waals surface area (Å²) in [5.74, 6) is 1.31. The third-order valence-corrected chi connectivity index (χ3v) is 6.92. The monoisotopic (exact) mass is 417 g/mol. The van der Waals surface area contributed by atoms with E-state index in [0.717, 1.165) is 5.56 Å². The van der Waals surface area contributed by atoms with Crippen LogP contribution in [-0.2, 0) is 16.6 Å². The van der Waals surface area contributed by atoms with Crippen LogP contribution in [0.1, 0.15) is 5.89 Å². The zero-order valence-electron chi connectivity index (χ0n) is 15.2. The Kier molecular flexibility index (Phi) is 5.50. The maximum absolute atomic E-state index is 12.7. The Labute approximate surface area is 169 Å². The lowest BCUT2D eigenvalue weighted by molar-refractivity contribution is 0.168. The Morgan fingerprint density at radius 2 is 1.64 bits per heavy atom. The number of sulfonamides is 1. The molecule has 1 aliphatic heterocycles. The predicted octanol–water partition coefficient (Wildman–Crippen LogP) is 3.50. The Morgan fingerprint density at radius 1 is 0.964 bits per heavy atom. The molecule has 0 unspecified atom stereocenters. The number of oxazole rings is 1. The fourth-order valence-corrected chi connectivity index (χ4v) is 4.76. The predicted molar refractivity (Wildman–Crippen MR) is 107 cm³/mol. The first-order chi connectivity index (χ1) is 13.5. The minimum absolute atomic E-state index is 0.337. The molecule has 4 rings (SSSR count). The number of hydrogen-bond acceptors (Lipinski definition) is 5. The molecule has 0 bridgehead atoms. The third kappa shape index (κ3) is 4.12. The van der Waals surface area contributed by atoms with Gasteiger partial charge in [-0.1, -0.05) is 29.8 Å². The van der Waals surface area contributed by atoms with Gasteiger partial charge < -0.3 is 4.42 Å². The van der Waals surface area contributed by atoms with Gasteiger partial charge in [0.2, 0.25) is 15.9 Å². The van der Waals surface area contributed by atoms with Crippen molar-refractivity contribution in [1.29, 1.82) is 0 Å². The van der Waals surface area contributed by atoms with Crippen LogP contribution < -0.4 is 0 Å². The smallest absolute Gasteiger partial charge is 0.243 e. The van der Waals surface area contributed by atoms with Crippen molar-refractivity contribution in [2.75, 3.05) is 26.2 Å². The van der Waals surface area contributed by atoms with Gasteiger partial charge in [-0.15, -0.1) is 0 Å². The van der Waals surface area contributed by atoms with Crippen molar-refractivity contribution < 1.29 is 12.8 Å². The van der Waals surface area contributed by atoms with Gasteiger partial charge in [-0.2, -0.15) is 4.31 Å². The van der Waals surface area contributed by atoms with E-state index < -0.39 is 10.0 Å². The van der Waals surface area contributed by atoms with E-state index in [2.05, 4.69) is 9.88 Å². The summed E-state index contributed by atoms with van der Waals surface area (Å²) < 4.78 is 32.8. The number of rotatable bonds is 5. The fourth-order valence-electron chi connectivity index (χ4n) is 3.19. The van der Waals surface area contributed by atoms with Crippen LogP contribution >= 0.6 is 11.6 Å². The van der Waals surface area contributed by atoms with Crippen LogP contribution in [0.2, 0.25) is 5.02 Å². The van der Waals surface area contributed by atoms with E-state index >= 15 is 0 Å². The van der Waals surface area contributed by atoms with Gasteiger partial charge in [0.15, 0.2) is 5.76 Å². The molecule has 8 heteroatoms. The lowest BCUT2D eigenvalue weighted by Crippen LogP contribution is -2.48. The molecule has 146 valence electrons. The molecule has 1 saturated heterocycles. The van der Waals surface area contributed by atoms with Gasteiger partial charge >= 0.3 is 0 Å². The molecule has 0 aliphatic carbocycles. The third-order valence-electron chi connectivity index (χ3n) is 4.75. The van der Waals surface area contributed by atoms with Crippen LogP contribution in [0.15, 0.2) is 70.1 Å². The van der Waals surface area contributed by atoms with E-state index in [1.807, 2.05) is 30.3 Å². The van der Waals surface area contributed by atoms with Crippen LogP contribution in [0.25, 0.3) is 11.3 Å². The summed E-state index contributed by atoms with van der Waals surface area (Å²) in [6, 6.07) is 16.0. The van der Waals surface area contributed by atoms with Crippen molar-refractivity contribution in [3.8, 4) is 11.3 Å². The Morgan fingerprint density at radius 3 is 2.32 bits per heavy atom. The molecule has 2 aromatic carbocycles. The maximum Gasteiger partial charge on any atom is 0.243 e. The summed E-state index contributed by atoms with van der Waals surface area (Å²) in [6.07, 6.45) is 1.70. The molecule has 0 amide bonds. The van der Waals surface area contributed by atoms with E-state index in [9.17, 15) is 8.42 Å². The molecule has 0 spiro atoms. The van der Waals surface area contributed by atoms with Gasteiger partial charge in [-0.05, 0) is 36.4 Å².